The van der Waals surface area contributed by atoms with Gasteiger partial charge >= 0.3 is 0 Å². The fourth-order valence-electron chi connectivity index (χ4n) is 2.36. The van der Waals surface area contributed by atoms with Crippen LogP contribution in [0, 0.1) is 13.8 Å². The molecule has 1 aliphatic rings. The van der Waals surface area contributed by atoms with Crippen LogP contribution in [0.5, 0.6) is 5.75 Å². The van der Waals surface area contributed by atoms with E-state index >= 15 is 0 Å². The van der Waals surface area contributed by atoms with E-state index in [1.165, 1.54) is 33.7 Å². The van der Waals surface area contributed by atoms with Gasteiger partial charge in [0.15, 0.2) is 0 Å². The number of ether oxygens (including phenoxy) is 1. The van der Waals surface area contributed by atoms with E-state index in [4.69, 9.17) is 4.74 Å². The zero-order chi connectivity index (χ0) is 14.1. The summed E-state index contributed by atoms with van der Waals surface area (Å²) in [6, 6.07) is 11.0. The maximum absolute atomic E-state index is 5.90. The number of hydrogen-bond donors (Lipinski definition) is 1. The lowest BCUT2D eigenvalue weighted by atomic mass is 10.0. The molecule has 3 heteroatoms. The van der Waals surface area contributed by atoms with Gasteiger partial charge in [0.1, 0.15) is 5.75 Å². The summed E-state index contributed by atoms with van der Waals surface area (Å²) in [5, 5.41) is 3.43. The number of hydrogen-bond acceptors (Lipinski definition) is 3. The highest BCUT2D eigenvalue weighted by atomic mass is 32.1. The average molecular weight is 287 g/mol. The largest absolute Gasteiger partial charge is 0.490 e. The van der Waals surface area contributed by atoms with Gasteiger partial charge in [-0.15, -0.1) is 11.3 Å². The van der Waals surface area contributed by atoms with Crippen molar-refractivity contribution in [2.75, 3.05) is 7.05 Å². The first-order valence-corrected chi connectivity index (χ1v) is 8.00. The molecule has 106 valence electrons. The van der Waals surface area contributed by atoms with Crippen LogP contribution in [-0.2, 0) is 0 Å². The molecule has 20 heavy (non-hydrogen) atoms. The lowest BCUT2D eigenvalue weighted by molar-refractivity contribution is 0.302. The van der Waals surface area contributed by atoms with Gasteiger partial charge in [0.25, 0.3) is 0 Å². The van der Waals surface area contributed by atoms with Crippen LogP contribution in [0.2, 0.25) is 0 Å². The molecule has 1 aromatic carbocycles. The van der Waals surface area contributed by atoms with Gasteiger partial charge in [0.2, 0.25) is 0 Å². The van der Waals surface area contributed by atoms with E-state index in [-0.39, 0.29) is 6.04 Å². The second-order valence-corrected chi connectivity index (χ2v) is 6.79. The second-order valence-electron chi connectivity index (χ2n) is 5.50. The molecule has 1 heterocycles. The molecule has 1 fully saturated rings. The normalized spacial score (nSPS) is 16.1. The van der Waals surface area contributed by atoms with Crippen LogP contribution in [0.3, 0.4) is 0 Å². The summed E-state index contributed by atoms with van der Waals surface area (Å²) in [5.41, 5.74) is 2.64. The van der Waals surface area contributed by atoms with Gasteiger partial charge in [-0.3, -0.25) is 0 Å². The number of rotatable bonds is 5. The highest BCUT2D eigenvalue weighted by molar-refractivity contribution is 7.12. The Hall–Kier alpha value is -1.32. The Morgan fingerprint density at radius 1 is 1.25 bits per heavy atom. The van der Waals surface area contributed by atoms with Crippen LogP contribution < -0.4 is 10.1 Å². The standard InChI is InChI=1S/C17H21NOS/c1-11-9-16(20-12(11)2)17(18-3)13-5-4-6-15(10-13)19-14-7-8-14/h4-6,9-10,14,17-18H,7-8H2,1-3H3. The molecule has 0 bridgehead atoms. The molecule has 2 aromatic rings. The van der Waals surface area contributed by atoms with Gasteiger partial charge in [-0.25, -0.2) is 0 Å². The highest BCUT2D eigenvalue weighted by Gasteiger charge is 2.24. The molecule has 0 spiro atoms. The first-order chi connectivity index (χ1) is 9.67. The van der Waals surface area contributed by atoms with Gasteiger partial charge in [0.05, 0.1) is 12.1 Å². The quantitative estimate of drug-likeness (QED) is 0.889. The lowest BCUT2D eigenvalue weighted by Crippen LogP contribution is -2.16. The second kappa shape index (κ2) is 5.58. The summed E-state index contributed by atoms with van der Waals surface area (Å²) in [6.07, 6.45) is 2.84. The van der Waals surface area contributed by atoms with Crippen LogP contribution in [0.1, 0.15) is 39.8 Å². The lowest BCUT2D eigenvalue weighted by Gasteiger charge is -2.16. The minimum absolute atomic E-state index is 0.246. The van der Waals surface area contributed by atoms with Gasteiger partial charge in [-0.1, -0.05) is 12.1 Å². The van der Waals surface area contributed by atoms with Crippen molar-refractivity contribution in [2.24, 2.45) is 0 Å². The van der Waals surface area contributed by atoms with Crippen molar-refractivity contribution in [3.05, 3.63) is 51.2 Å². The number of thiophene rings is 1. The Morgan fingerprint density at radius 3 is 2.65 bits per heavy atom. The van der Waals surface area contributed by atoms with Crippen molar-refractivity contribution in [1.29, 1.82) is 0 Å². The SMILES string of the molecule is CNC(c1cccc(OC2CC2)c1)c1cc(C)c(C)s1. The zero-order valence-electron chi connectivity index (χ0n) is 12.3. The van der Waals surface area contributed by atoms with Crippen molar-refractivity contribution >= 4 is 11.3 Å². The minimum Gasteiger partial charge on any atom is -0.490 e. The molecule has 1 aromatic heterocycles. The number of benzene rings is 1. The zero-order valence-corrected chi connectivity index (χ0v) is 13.1. The summed E-state index contributed by atoms with van der Waals surface area (Å²) in [6.45, 7) is 4.36. The number of nitrogens with one attached hydrogen (secondary N) is 1. The molecule has 0 saturated heterocycles. The van der Waals surface area contributed by atoms with Crippen LogP contribution >= 0.6 is 11.3 Å². The molecule has 1 N–H and O–H groups in total. The molecule has 1 saturated carbocycles. The first kappa shape index (κ1) is 13.7. The van der Waals surface area contributed by atoms with Crippen molar-refractivity contribution in [3.8, 4) is 5.75 Å². The molecule has 0 aliphatic heterocycles. The third-order valence-electron chi connectivity index (χ3n) is 3.78. The highest BCUT2D eigenvalue weighted by Crippen LogP contribution is 2.33. The predicted molar refractivity (Wildman–Crippen MR) is 84.8 cm³/mol. The van der Waals surface area contributed by atoms with E-state index in [0.717, 1.165) is 5.75 Å². The Balaban J connectivity index is 1.87. The van der Waals surface area contributed by atoms with Crippen molar-refractivity contribution in [3.63, 3.8) is 0 Å². The van der Waals surface area contributed by atoms with E-state index in [9.17, 15) is 0 Å². The predicted octanol–water partition coefficient (Wildman–Crippen LogP) is 4.21. The van der Waals surface area contributed by atoms with Crippen LogP contribution in [0.25, 0.3) is 0 Å². The molecule has 1 aliphatic carbocycles. The monoisotopic (exact) mass is 287 g/mol. The topological polar surface area (TPSA) is 21.3 Å². The fraction of sp³-hybridized carbons (Fsp3) is 0.412. The first-order valence-electron chi connectivity index (χ1n) is 7.18. The van der Waals surface area contributed by atoms with Crippen molar-refractivity contribution in [1.82, 2.24) is 5.32 Å². The van der Waals surface area contributed by atoms with Crippen LogP contribution in [-0.4, -0.2) is 13.2 Å². The molecule has 0 amide bonds. The number of aryl methyl sites for hydroxylation is 2. The summed E-state index contributed by atoms with van der Waals surface area (Å²) >= 11 is 1.87. The maximum Gasteiger partial charge on any atom is 0.120 e. The van der Waals surface area contributed by atoms with Crippen molar-refractivity contribution in [2.45, 2.75) is 38.8 Å². The van der Waals surface area contributed by atoms with E-state index in [0.29, 0.717) is 6.10 Å². The third-order valence-corrected chi connectivity index (χ3v) is 4.99. The average Bonchev–Trinajstić information content (AvgIpc) is 3.17. The van der Waals surface area contributed by atoms with E-state index in [1.807, 2.05) is 18.4 Å². The molecule has 2 nitrogen and oxygen atoms in total. The minimum atomic E-state index is 0.246. The van der Waals surface area contributed by atoms with Gasteiger partial charge in [-0.2, -0.15) is 0 Å². The molecular formula is C17H21NOS. The van der Waals surface area contributed by atoms with Gasteiger partial charge in [-0.05, 0) is 63.1 Å². The molecular weight excluding hydrogens is 266 g/mol. The van der Waals surface area contributed by atoms with Gasteiger partial charge in [0, 0.05) is 9.75 Å². The van der Waals surface area contributed by atoms with Crippen molar-refractivity contribution < 1.29 is 4.74 Å². The molecule has 1 atom stereocenters. The Labute approximate surface area is 124 Å². The Kier molecular flexibility index (Phi) is 3.81. The van der Waals surface area contributed by atoms with Gasteiger partial charge < -0.3 is 10.1 Å². The Bertz CT molecular complexity index is 581. The van der Waals surface area contributed by atoms with E-state index in [1.54, 1.807) is 0 Å². The summed E-state index contributed by atoms with van der Waals surface area (Å²) in [4.78, 5) is 2.76. The summed E-state index contributed by atoms with van der Waals surface area (Å²) < 4.78 is 5.90. The Morgan fingerprint density at radius 2 is 2.05 bits per heavy atom. The third kappa shape index (κ3) is 2.89. The van der Waals surface area contributed by atoms with E-state index < -0.39 is 0 Å². The summed E-state index contributed by atoms with van der Waals surface area (Å²) in [5.74, 6) is 0.996. The van der Waals surface area contributed by atoms with Crippen LogP contribution in [0.4, 0.5) is 0 Å². The summed E-state index contributed by atoms with van der Waals surface area (Å²) in [7, 11) is 2.02. The smallest absolute Gasteiger partial charge is 0.120 e. The van der Waals surface area contributed by atoms with Crippen LogP contribution in [0.15, 0.2) is 30.3 Å². The van der Waals surface area contributed by atoms with E-state index in [2.05, 4.69) is 49.5 Å². The maximum atomic E-state index is 5.90. The molecule has 0 radical (unpaired) electrons. The fourth-order valence-corrected chi connectivity index (χ4v) is 3.54. The molecule has 3 rings (SSSR count). The molecule has 1 unspecified atom stereocenters.